The van der Waals surface area contributed by atoms with E-state index in [1.54, 1.807) is 6.92 Å². The van der Waals surface area contributed by atoms with E-state index < -0.39 is 10.0 Å². The van der Waals surface area contributed by atoms with Crippen molar-refractivity contribution < 1.29 is 18.3 Å². The maximum absolute atomic E-state index is 12.2. The van der Waals surface area contributed by atoms with Crippen molar-refractivity contribution >= 4 is 10.0 Å². The summed E-state index contributed by atoms with van der Waals surface area (Å²) < 4.78 is 30.5. The smallest absolute Gasteiger partial charge is 0.243 e. The molecule has 1 aromatic rings. The summed E-state index contributed by atoms with van der Waals surface area (Å²) in [6.07, 6.45) is 0. The van der Waals surface area contributed by atoms with Crippen molar-refractivity contribution in [3.05, 3.63) is 24.3 Å². The van der Waals surface area contributed by atoms with Gasteiger partial charge in [-0.25, -0.2) is 8.42 Å². The number of sulfonamides is 1. The van der Waals surface area contributed by atoms with E-state index in [-0.39, 0.29) is 10.6 Å². The highest BCUT2D eigenvalue weighted by molar-refractivity contribution is 7.89. The molecule has 0 heterocycles. The van der Waals surface area contributed by atoms with Crippen molar-refractivity contribution in [2.45, 2.75) is 11.8 Å². The molecule has 96 valence electrons. The van der Waals surface area contributed by atoms with Gasteiger partial charge in [0.05, 0.1) is 11.5 Å². The third kappa shape index (κ3) is 3.42. The molecule has 0 bridgehead atoms. The third-order valence-corrected chi connectivity index (χ3v) is 4.32. The molecule has 0 fully saturated rings. The number of phenolic OH excluding ortho intramolecular Hbond substituents is 1. The van der Waals surface area contributed by atoms with Crippen molar-refractivity contribution in [1.29, 1.82) is 0 Å². The Labute approximate surface area is 102 Å². The number of hydrogen-bond acceptors (Lipinski definition) is 4. The summed E-state index contributed by atoms with van der Waals surface area (Å²) in [5.41, 5.74) is 0. The molecular weight excluding hydrogens is 242 g/mol. The van der Waals surface area contributed by atoms with Crippen LogP contribution in [0.2, 0.25) is 0 Å². The van der Waals surface area contributed by atoms with Gasteiger partial charge in [-0.2, -0.15) is 4.31 Å². The fraction of sp³-hybridized carbons (Fsp3) is 0.455. The first kappa shape index (κ1) is 14.0. The van der Waals surface area contributed by atoms with Crippen molar-refractivity contribution in [1.82, 2.24) is 4.31 Å². The number of nitrogens with zero attached hydrogens (tertiary/aromatic N) is 1. The Kier molecular flexibility index (Phi) is 4.92. The molecule has 0 saturated heterocycles. The molecule has 0 saturated carbocycles. The van der Waals surface area contributed by atoms with E-state index in [0.29, 0.717) is 19.7 Å². The average Bonchev–Trinajstić information content (AvgIpc) is 2.30. The van der Waals surface area contributed by atoms with Gasteiger partial charge in [0.25, 0.3) is 0 Å². The van der Waals surface area contributed by atoms with Crippen molar-refractivity contribution in [3.63, 3.8) is 0 Å². The number of methoxy groups -OCH3 is 1. The molecule has 0 atom stereocenters. The highest BCUT2D eigenvalue weighted by Crippen LogP contribution is 2.19. The number of likely N-dealkylation sites (N-methyl/N-ethyl adjacent to an activating group) is 1. The van der Waals surface area contributed by atoms with Crippen LogP contribution in [0, 0.1) is 0 Å². The van der Waals surface area contributed by atoms with Crippen LogP contribution in [0.1, 0.15) is 6.92 Å². The van der Waals surface area contributed by atoms with E-state index in [1.807, 2.05) is 0 Å². The molecule has 0 aliphatic heterocycles. The Hall–Kier alpha value is -1.11. The van der Waals surface area contributed by atoms with Gasteiger partial charge in [-0.1, -0.05) is 13.0 Å². The lowest BCUT2D eigenvalue weighted by Gasteiger charge is -2.20. The minimum atomic E-state index is -3.55. The first-order chi connectivity index (χ1) is 8.02. The maximum atomic E-state index is 12.2. The molecule has 0 aromatic heterocycles. The van der Waals surface area contributed by atoms with Crippen LogP contribution in [0.25, 0.3) is 0 Å². The van der Waals surface area contributed by atoms with E-state index >= 15 is 0 Å². The van der Waals surface area contributed by atoms with Crippen molar-refractivity contribution in [3.8, 4) is 5.75 Å². The lowest BCUT2D eigenvalue weighted by molar-refractivity contribution is 0.180. The SMILES string of the molecule is CCN(CCOC)S(=O)(=O)c1cccc(O)c1. The second kappa shape index (κ2) is 6.00. The molecular formula is C11H17NO4S. The highest BCUT2D eigenvalue weighted by Gasteiger charge is 2.22. The van der Waals surface area contributed by atoms with Crippen LogP contribution >= 0.6 is 0 Å². The Morgan fingerprint density at radius 3 is 2.65 bits per heavy atom. The van der Waals surface area contributed by atoms with Gasteiger partial charge in [0.2, 0.25) is 10.0 Å². The van der Waals surface area contributed by atoms with Gasteiger partial charge in [-0.05, 0) is 18.2 Å². The minimum Gasteiger partial charge on any atom is -0.508 e. The van der Waals surface area contributed by atoms with Crippen LogP contribution in [0.4, 0.5) is 0 Å². The van der Waals surface area contributed by atoms with Crippen LogP contribution < -0.4 is 0 Å². The third-order valence-electron chi connectivity index (χ3n) is 2.35. The summed E-state index contributed by atoms with van der Waals surface area (Å²) in [5, 5.41) is 9.30. The molecule has 0 aliphatic carbocycles. The molecule has 17 heavy (non-hydrogen) atoms. The molecule has 1 N–H and O–H groups in total. The monoisotopic (exact) mass is 259 g/mol. The Morgan fingerprint density at radius 2 is 2.12 bits per heavy atom. The summed E-state index contributed by atoms with van der Waals surface area (Å²) in [5.74, 6) is -0.0612. The first-order valence-electron chi connectivity index (χ1n) is 5.30. The fourth-order valence-corrected chi connectivity index (χ4v) is 2.91. The average molecular weight is 259 g/mol. The number of phenols is 1. The number of ether oxygens (including phenoxy) is 1. The van der Waals surface area contributed by atoms with E-state index in [0.717, 1.165) is 0 Å². The van der Waals surface area contributed by atoms with Crippen LogP contribution in [0.3, 0.4) is 0 Å². The zero-order valence-corrected chi connectivity index (χ0v) is 10.8. The predicted octanol–water partition coefficient (Wildman–Crippen LogP) is 1.05. The second-order valence-corrected chi connectivity index (χ2v) is 5.42. The van der Waals surface area contributed by atoms with Gasteiger partial charge in [-0.3, -0.25) is 0 Å². The topological polar surface area (TPSA) is 66.8 Å². The second-order valence-electron chi connectivity index (χ2n) is 3.49. The van der Waals surface area contributed by atoms with Crippen molar-refractivity contribution in [2.24, 2.45) is 0 Å². The summed E-state index contributed by atoms with van der Waals surface area (Å²) in [7, 11) is -2.03. The normalized spacial score (nSPS) is 11.9. The van der Waals surface area contributed by atoms with Gasteiger partial charge < -0.3 is 9.84 Å². The molecule has 1 aromatic carbocycles. The highest BCUT2D eigenvalue weighted by atomic mass is 32.2. The summed E-state index contributed by atoms with van der Waals surface area (Å²) in [4.78, 5) is 0.0930. The van der Waals surface area contributed by atoms with Crippen LogP contribution in [-0.4, -0.2) is 44.6 Å². The van der Waals surface area contributed by atoms with E-state index in [4.69, 9.17) is 4.74 Å². The van der Waals surface area contributed by atoms with Crippen LogP contribution in [0.5, 0.6) is 5.75 Å². The van der Waals surface area contributed by atoms with Crippen LogP contribution in [0.15, 0.2) is 29.2 Å². The van der Waals surface area contributed by atoms with E-state index in [1.165, 1.54) is 35.7 Å². The van der Waals surface area contributed by atoms with Gasteiger partial charge >= 0.3 is 0 Å². The summed E-state index contributed by atoms with van der Waals surface area (Å²) in [6, 6.07) is 5.64. The Morgan fingerprint density at radius 1 is 1.41 bits per heavy atom. The molecule has 0 spiro atoms. The van der Waals surface area contributed by atoms with Gasteiger partial charge in [0.1, 0.15) is 5.75 Å². The van der Waals surface area contributed by atoms with Gasteiger partial charge in [-0.15, -0.1) is 0 Å². The van der Waals surface area contributed by atoms with Gasteiger partial charge in [0, 0.05) is 20.2 Å². The fourth-order valence-electron chi connectivity index (χ4n) is 1.43. The Balaban J connectivity index is 3.00. The lowest BCUT2D eigenvalue weighted by Crippen LogP contribution is -2.33. The van der Waals surface area contributed by atoms with Gasteiger partial charge in [0.15, 0.2) is 0 Å². The molecule has 0 radical (unpaired) electrons. The van der Waals surface area contributed by atoms with E-state index in [9.17, 15) is 13.5 Å². The molecule has 1 rings (SSSR count). The summed E-state index contributed by atoms with van der Waals surface area (Å²) in [6.45, 7) is 2.76. The number of hydrogen-bond donors (Lipinski definition) is 1. The molecule has 0 unspecified atom stereocenters. The molecule has 6 heteroatoms. The van der Waals surface area contributed by atoms with E-state index in [2.05, 4.69) is 0 Å². The molecule has 5 nitrogen and oxygen atoms in total. The minimum absolute atomic E-state index is 0.0612. The zero-order chi connectivity index (χ0) is 12.9. The zero-order valence-electron chi connectivity index (χ0n) is 9.96. The first-order valence-corrected chi connectivity index (χ1v) is 6.74. The van der Waals surface area contributed by atoms with Crippen molar-refractivity contribution in [2.75, 3.05) is 26.8 Å². The number of benzene rings is 1. The van der Waals surface area contributed by atoms with Crippen LogP contribution in [-0.2, 0) is 14.8 Å². The summed E-state index contributed by atoms with van der Waals surface area (Å²) >= 11 is 0. The number of rotatable bonds is 6. The largest absolute Gasteiger partial charge is 0.508 e. The maximum Gasteiger partial charge on any atom is 0.243 e. The standard InChI is InChI=1S/C11H17NO4S/c1-3-12(7-8-16-2)17(14,15)11-6-4-5-10(13)9-11/h4-6,9,13H,3,7-8H2,1-2H3. The Bertz CT molecular complexity index is 458. The number of aromatic hydroxyl groups is 1. The molecule has 0 aliphatic rings. The lowest BCUT2D eigenvalue weighted by atomic mass is 10.3. The molecule has 0 amide bonds. The quantitative estimate of drug-likeness (QED) is 0.829. The predicted molar refractivity (Wildman–Crippen MR) is 64.4 cm³/mol.